The van der Waals surface area contributed by atoms with Gasteiger partial charge in [-0.2, -0.15) is 0 Å². The van der Waals surface area contributed by atoms with E-state index in [4.69, 9.17) is 15.2 Å². The first-order valence-electron chi connectivity index (χ1n) is 15.6. The van der Waals surface area contributed by atoms with Gasteiger partial charge in [0.05, 0.1) is 24.2 Å². The van der Waals surface area contributed by atoms with Gasteiger partial charge in [-0.15, -0.1) is 0 Å². The van der Waals surface area contributed by atoms with E-state index in [1.165, 1.54) is 17.0 Å². The number of ether oxygens (including phenoxy) is 2. The van der Waals surface area contributed by atoms with Gasteiger partial charge < -0.3 is 25.2 Å². The number of halogens is 1. The van der Waals surface area contributed by atoms with Crippen LogP contribution in [0.15, 0.2) is 72.8 Å². The minimum atomic E-state index is -3.48. The van der Waals surface area contributed by atoms with Crippen molar-refractivity contribution in [3.63, 3.8) is 0 Å². The number of nitrogens with two attached hydrogens (primary N) is 1. The summed E-state index contributed by atoms with van der Waals surface area (Å²) in [6, 6.07) is 20.2. The van der Waals surface area contributed by atoms with Crippen molar-refractivity contribution in [1.82, 2.24) is 4.90 Å². The summed E-state index contributed by atoms with van der Waals surface area (Å²) in [5.74, 6) is -0.198. The number of hydrogen-bond acceptors (Lipinski definition) is 7. The molecule has 0 saturated carbocycles. The molecule has 246 valence electrons. The standard InChI is InChI=1S/C35H47FN2O6S/c1-4-10-32(11-5-2)45(41,42)17-16-35(40)38(23-27-14-9-15-30(19-27)43-3)24-34(39)33(37)21-28-18-29(36)22-31(20-28)44-25-26-12-7-6-8-13-26/h6-9,12-15,18-20,22,32-34,39H,4-5,10-11,16-17,21,23-25,37H2,1-3H3/t33-,34+/m0/s1. The number of amides is 1. The van der Waals surface area contributed by atoms with Crippen molar-refractivity contribution in [1.29, 1.82) is 0 Å². The summed E-state index contributed by atoms with van der Waals surface area (Å²) in [5, 5.41) is 10.7. The quantitative estimate of drug-likeness (QED) is 0.179. The summed E-state index contributed by atoms with van der Waals surface area (Å²) in [5.41, 5.74) is 8.62. The lowest BCUT2D eigenvalue weighted by molar-refractivity contribution is -0.133. The van der Waals surface area contributed by atoms with Gasteiger partial charge in [0, 0.05) is 31.6 Å². The molecule has 0 fully saturated rings. The lowest BCUT2D eigenvalue weighted by Gasteiger charge is -2.29. The number of hydrogen-bond donors (Lipinski definition) is 2. The van der Waals surface area contributed by atoms with Crippen LogP contribution in [0.1, 0.15) is 62.6 Å². The van der Waals surface area contributed by atoms with Crippen molar-refractivity contribution in [2.45, 2.75) is 82.9 Å². The maximum atomic E-state index is 14.5. The topological polar surface area (TPSA) is 119 Å². The third-order valence-corrected chi connectivity index (χ3v) is 10.0. The second-order valence-corrected chi connectivity index (χ2v) is 13.8. The van der Waals surface area contributed by atoms with Gasteiger partial charge in [-0.3, -0.25) is 4.79 Å². The molecule has 0 aromatic heterocycles. The first-order chi connectivity index (χ1) is 21.5. The fourth-order valence-corrected chi connectivity index (χ4v) is 7.26. The van der Waals surface area contributed by atoms with Crippen molar-refractivity contribution < 1.29 is 32.2 Å². The lowest BCUT2D eigenvalue weighted by Crippen LogP contribution is -2.46. The van der Waals surface area contributed by atoms with E-state index >= 15 is 0 Å². The van der Waals surface area contributed by atoms with E-state index in [1.807, 2.05) is 50.2 Å². The number of aliphatic hydroxyl groups excluding tert-OH is 1. The summed E-state index contributed by atoms with van der Waals surface area (Å²) < 4.78 is 51.8. The first kappa shape index (κ1) is 36.0. The largest absolute Gasteiger partial charge is 0.497 e. The molecule has 0 radical (unpaired) electrons. The van der Waals surface area contributed by atoms with Crippen LogP contribution in [0.5, 0.6) is 11.5 Å². The number of methoxy groups -OCH3 is 1. The first-order valence-corrected chi connectivity index (χ1v) is 17.3. The fourth-order valence-electron chi connectivity index (χ4n) is 5.28. The molecule has 3 N–H and O–H groups in total. The molecule has 0 aliphatic carbocycles. The highest BCUT2D eigenvalue weighted by molar-refractivity contribution is 7.92. The Morgan fingerprint density at radius 3 is 2.27 bits per heavy atom. The average molecular weight is 643 g/mol. The molecule has 3 aromatic carbocycles. The molecule has 3 rings (SSSR count). The molecule has 2 atom stereocenters. The zero-order valence-corrected chi connectivity index (χ0v) is 27.3. The zero-order valence-electron chi connectivity index (χ0n) is 26.5. The monoisotopic (exact) mass is 642 g/mol. The lowest BCUT2D eigenvalue weighted by atomic mass is 10.0. The molecule has 0 aliphatic heterocycles. The number of sulfone groups is 1. The van der Waals surface area contributed by atoms with Crippen LogP contribution in [0.4, 0.5) is 4.39 Å². The molecule has 0 heterocycles. The molecule has 10 heteroatoms. The summed E-state index contributed by atoms with van der Waals surface area (Å²) in [6.45, 7) is 4.17. The van der Waals surface area contributed by atoms with Crippen molar-refractivity contribution in [2.75, 3.05) is 19.4 Å². The van der Waals surface area contributed by atoms with Gasteiger partial charge in [0.15, 0.2) is 9.84 Å². The third kappa shape index (κ3) is 11.8. The van der Waals surface area contributed by atoms with E-state index in [0.29, 0.717) is 29.9 Å². The molecule has 0 unspecified atom stereocenters. The highest BCUT2D eigenvalue weighted by atomic mass is 32.2. The summed E-state index contributed by atoms with van der Waals surface area (Å²) in [7, 11) is -1.93. The zero-order chi connectivity index (χ0) is 32.8. The van der Waals surface area contributed by atoms with Crippen LogP contribution < -0.4 is 15.2 Å². The summed E-state index contributed by atoms with van der Waals surface area (Å²) in [4.78, 5) is 14.9. The molecule has 0 aliphatic rings. The molecule has 8 nitrogen and oxygen atoms in total. The molecule has 0 spiro atoms. The smallest absolute Gasteiger partial charge is 0.223 e. The molecule has 1 amide bonds. The predicted octanol–water partition coefficient (Wildman–Crippen LogP) is 5.45. The number of nitrogens with zero attached hydrogens (tertiary/aromatic N) is 1. The minimum absolute atomic E-state index is 0.128. The van der Waals surface area contributed by atoms with Gasteiger partial charge in [0.1, 0.15) is 23.9 Å². The highest BCUT2D eigenvalue weighted by Gasteiger charge is 2.28. The van der Waals surface area contributed by atoms with Gasteiger partial charge in [0.2, 0.25) is 5.91 Å². The Bertz CT molecular complexity index is 1450. The average Bonchev–Trinajstić information content (AvgIpc) is 3.02. The van der Waals surface area contributed by atoms with E-state index in [9.17, 15) is 22.7 Å². The van der Waals surface area contributed by atoms with Crippen LogP contribution in [0.3, 0.4) is 0 Å². The molecular formula is C35H47FN2O6S. The normalized spacial score (nSPS) is 13.0. The van der Waals surface area contributed by atoms with Gasteiger partial charge in [-0.1, -0.05) is 69.2 Å². The van der Waals surface area contributed by atoms with E-state index in [1.54, 1.807) is 31.4 Å². The summed E-state index contributed by atoms with van der Waals surface area (Å²) >= 11 is 0. The van der Waals surface area contributed by atoms with Crippen LogP contribution in [0, 0.1) is 5.82 Å². The Kier molecular flexibility index (Phi) is 14.3. The van der Waals surface area contributed by atoms with Crippen molar-refractivity contribution in [3.8, 4) is 11.5 Å². The van der Waals surface area contributed by atoms with E-state index in [2.05, 4.69) is 0 Å². The van der Waals surface area contributed by atoms with E-state index < -0.39 is 39.0 Å². The maximum Gasteiger partial charge on any atom is 0.223 e. The van der Waals surface area contributed by atoms with E-state index in [0.717, 1.165) is 24.0 Å². The Morgan fingerprint density at radius 2 is 1.60 bits per heavy atom. The number of rotatable bonds is 19. The molecule has 45 heavy (non-hydrogen) atoms. The van der Waals surface area contributed by atoms with Crippen molar-refractivity contribution >= 4 is 15.7 Å². The number of carbonyl (C=O) groups is 1. The van der Waals surface area contributed by atoms with Crippen LogP contribution in [0.25, 0.3) is 0 Å². The number of benzene rings is 3. The Balaban J connectivity index is 1.72. The Morgan fingerprint density at radius 1 is 0.933 bits per heavy atom. The van der Waals surface area contributed by atoms with Gasteiger partial charge in [0.25, 0.3) is 0 Å². The second kappa shape index (κ2) is 17.9. The predicted molar refractivity (Wildman–Crippen MR) is 175 cm³/mol. The molecule has 0 saturated heterocycles. The number of carbonyl (C=O) groups excluding carboxylic acids is 1. The van der Waals surface area contributed by atoms with Crippen LogP contribution in [0.2, 0.25) is 0 Å². The summed E-state index contributed by atoms with van der Waals surface area (Å²) in [6.07, 6.45) is 1.37. The van der Waals surface area contributed by atoms with Gasteiger partial charge >= 0.3 is 0 Å². The third-order valence-electron chi connectivity index (χ3n) is 7.74. The van der Waals surface area contributed by atoms with Crippen LogP contribution in [-0.2, 0) is 34.2 Å². The SMILES string of the molecule is CCCC(CCC)S(=O)(=O)CCC(=O)N(Cc1cccc(OC)c1)C[C@@H](O)[C@@H](N)Cc1cc(F)cc(OCc2ccccc2)c1. The van der Waals surface area contributed by atoms with Gasteiger partial charge in [-0.25, -0.2) is 12.8 Å². The van der Waals surface area contributed by atoms with Crippen molar-refractivity contribution in [2.24, 2.45) is 5.73 Å². The fraction of sp³-hybridized carbons (Fsp3) is 0.457. The van der Waals surface area contributed by atoms with Crippen LogP contribution >= 0.6 is 0 Å². The molecule has 3 aromatic rings. The number of aliphatic hydroxyl groups is 1. The maximum absolute atomic E-state index is 14.5. The Labute approximate surface area is 267 Å². The highest BCUT2D eigenvalue weighted by Crippen LogP contribution is 2.21. The van der Waals surface area contributed by atoms with Gasteiger partial charge in [-0.05, 0) is 60.2 Å². The van der Waals surface area contributed by atoms with Crippen LogP contribution in [-0.4, -0.2) is 61.1 Å². The molecular weight excluding hydrogens is 595 g/mol. The second-order valence-electron chi connectivity index (χ2n) is 11.4. The molecule has 0 bridgehead atoms. The van der Waals surface area contributed by atoms with Crippen molar-refractivity contribution in [3.05, 3.63) is 95.3 Å². The van der Waals surface area contributed by atoms with E-state index in [-0.39, 0.29) is 38.3 Å². The minimum Gasteiger partial charge on any atom is -0.497 e. The Hall–Kier alpha value is -3.47.